The van der Waals surface area contributed by atoms with Gasteiger partial charge in [0.1, 0.15) is 17.5 Å². The van der Waals surface area contributed by atoms with E-state index in [0.717, 1.165) is 60.8 Å². The van der Waals surface area contributed by atoms with E-state index in [1.54, 1.807) is 25.4 Å². The molecule has 1 aromatic heterocycles. The number of aromatic nitrogens is 1. The number of hydrogen-bond donors (Lipinski definition) is 2. The van der Waals surface area contributed by atoms with Crippen molar-refractivity contribution in [2.45, 2.75) is 31.8 Å². The molecule has 0 radical (unpaired) electrons. The van der Waals surface area contributed by atoms with Crippen LogP contribution in [0.4, 0.5) is 10.2 Å². The van der Waals surface area contributed by atoms with Crippen LogP contribution in [0.15, 0.2) is 40.6 Å². The summed E-state index contributed by atoms with van der Waals surface area (Å²) in [5, 5.41) is 16.5. The lowest BCUT2D eigenvalue weighted by Gasteiger charge is -2.31. The third-order valence-corrected chi connectivity index (χ3v) is 6.25. The first-order valence-corrected chi connectivity index (χ1v) is 11.1. The van der Waals surface area contributed by atoms with Crippen molar-refractivity contribution in [2.75, 3.05) is 38.6 Å². The van der Waals surface area contributed by atoms with Gasteiger partial charge in [-0.25, -0.2) is 9.37 Å². The van der Waals surface area contributed by atoms with Gasteiger partial charge in [-0.3, -0.25) is 9.89 Å². The SMILES string of the molecule is COC1CCCN(CCN=C2Cc3c(/C(Cc4ccc(F)c(Cl)c4)=N/O)ccnc3N2)C1. The molecular formula is C23H27ClFN5O2. The number of anilines is 1. The molecule has 32 heavy (non-hydrogen) atoms. The summed E-state index contributed by atoms with van der Waals surface area (Å²) in [7, 11) is 1.77. The Kier molecular flexibility index (Phi) is 7.34. The molecule has 2 aromatic rings. The highest BCUT2D eigenvalue weighted by molar-refractivity contribution is 6.30. The molecule has 0 aliphatic carbocycles. The topological polar surface area (TPSA) is 82.3 Å². The minimum Gasteiger partial charge on any atom is -0.411 e. The van der Waals surface area contributed by atoms with E-state index in [9.17, 15) is 9.60 Å². The Morgan fingerprint density at radius 3 is 3.06 bits per heavy atom. The second-order valence-electron chi connectivity index (χ2n) is 8.09. The summed E-state index contributed by atoms with van der Waals surface area (Å²) in [4.78, 5) is 11.5. The fourth-order valence-electron chi connectivity index (χ4n) is 4.26. The number of pyridine rings is 1. The van der Waals surface area contributed by atoms with Crippen LogP contribution in [0.25, 0.3) is 0 Å². The fourth-order valence-corrected chi connectivity index (χ4v) is 4.46. The highest BCUT2D eigenvalue weighted by Gasteiger charge is 2.24. The number of piperidine rings is 1. The molecule has 3 heterocycles. The summed E-state index contributed by atoms with van der Waals surface area (Å²) in [6, 6.07) is 6.31. The second-order valence-corrected chi connectivity index (χ2v) is 8.50. The average Bonchev–Trinajstić information content (AvgIpc) is 3.23. The fraction of sp³-hybridized carbons (Fsp3) is 0.435. The van der Waals surface area contributed by atoms with E-state index in [-0.39, 0.29) is 5.02 Å². The molecule has 1 atom stereocenters. The molecule has 1 fully saturated rings. The zero-order valence-corrected chi connectivity index (χ0v) is 18.8. The molecule has 0 saturated carbocycles. The highest BCUT2D eigenvalue weighted by atomic mass is 35.5. The summed E-state index contributed by atoms with van der Waals surface area (Å²) in [6.07, 6.45) is 5.15. The summed E-state index contributed by atoms with van der Waals surface area (Å²) in [5.41, 5.74) is 2.94. The first kappa shape index (κ1) is 22.6. The summed E-state index contributed by atoms with van der Waals surface area (Å²) >= 11 is 5.90. The van der Waals surface area contributed by atoms with Gasteiger partial charge in [-0.05, 0) is 43.1 Å². The normalized spacial score (nSPS) is 20.4. The molecule has 2 aliphatic heterocycles. The van der Waals surface area contributed by atoms with Crippen LogP contribution in [0.3, 0.4) is 0 Å². The Morgan fingerprint density at radius 2 is 2.28 bits per heavy atom. The maximum absolute atomic E-state index is 13.5. The molecule has 0 spiro atoms. The van der Waals surface area contributed by atoms with Crippen LogP contribution < -0.4 is 5.32 Å². The van der Waals surface area contributed by atoms with Crippen LogP contribution in [0.1, 0.15) is 29.5 Å². The quantitative estimate of drug-likeness (QED) is 0.374. The monoisotopic (exact) mass is 459 g/mol. The molecule has 7 nitrogen and oxygen atoms in total. The molecule has 1 aromatic carbocycles. The van der Waals surface area contributed by atoms with Gasteiger partial charge in [-0.1, -0.05) is 22.8 Å². The van der Waals surface area contributed by atoms with Gasteiger partial charge in [0.05, 0.1) is 23.4 Å². The van der Waals surface area contributed by atoms with Gasteiger partial charge in [0.25, 0.3) is 0 Å². The number of oxime groups is 1. The number of halogens is 2. The van der Waals surface area contributed by atoms with Crippen LogP contribution in [0, 0.1) is 5.82 Å². The Bertz CT molecular complexity index is 1030. The summed E-state index contributed by atoms with van der Waals surface area (Å²) < 4.78 is 19.0. The molecule has 170 valence electrons. The predicted octanol–water partition coefficient (Wildman–Crippen LogP) is 3.77. The number of aliphatic imine (C=N–C) groups is 1. The van der Waals surface area contributed by atoms with Crippen molar-refractivity contribution < 1.29 is 14.3 Å². The number of ether oxygens (including phenoxy) is 1. The van der Waals surface area contributed by atoms with Gasteiger partial charge >= 0.3 is 0 Å². The van der Waals surface area contributed by atoms with Gasteiger partial charge in [0.15, 0.2) is 0 Å². The van der Waals surface area contributed by atoms with Crippen molar-refractivity contribution in [3.05, 3.63) is 58.0 Å². The van der Waals surface area contributed by atoms with E-state index in [0.29, 0.717) is 31.2 Å². The minimum absolute atomic E-state index is 0.0429. The van der Waals surface area contributed by atoms with E-state index in [4.69, 9.17) is 21.3 Å². The highest BCUT2D eigenvalue weighted by Crippen LogP contribution is 2.26. The lowest BCUT2D eigenvalue weighted by molar-refractivity contribution is 0.0326. The average molecular weight is 460 g/mol. The Balaban J connectivity index is 1.42. The van der Waals surface area contributed by atoms with E-state index >= 15 is 0 Å². The number of hydrogen-bond acceptors (Lipinski definition) is 6. The first-order chi connectivity index (χ1) is 15.6. The Labute approximate surface area is 192 Å². The van der Waals surface area contributed by atoms with Crippen molar-refractivity contribution in [3.8, 4) is 0 Å². The predicted molar refractivity (Wildman–Crippen MR) is 124 cm³/mol. The summed E-state index contributed by atoms with van der Waals surface area (Å²) in [6.45, 7) is 3.60. The van der Waals surface area contributed by atoms with Crippen molar-refractivity contribution in [3.63, 3.8) is 0 Å². The van der Waals surface area contributed by atoms with Crippen molar-refractivity contribution in [1.82, 2.24) is 9.88 Å². The number of fused-ring (bicyclic) bond motifs is 1. The number of nitrogens with zero attached hydrogens (tertiary/aromatic N) is 4. The van der Waals surface area contributed by atoms with E-state index < -0.39 is 5.82 Å². The van der Waals surface area contributed by atoms with E-state index in [1.165, 1.54) is 6.07 Å². The maximum atomic E-state index is 13.5. The molecule has 2 aliphatic rings. The van der Waals surface area contributed by atoms with Crippen molar-refractivity contribution in [2.24, 2.45) is 10.1 Å². The molecule has 0 bridgehead atoms. The largest absolute Gasteiger partial charge is 0.411 e. The Hall–Kier alpha value is -2.55. The van der Waals surface area contributed by atoms with Crippen LogP contribution in [0.5, 0.6) is 0 Å². The molecule has 9 heteroatoms. The second kappa shape index (κ2) is 10.4. The van der Waals surface area contributed by atoms with E-state index in [1.807, 2.05) is 6.07 Å². The number of likely N-dealkylation sites (tertiary alicyclic amines) is 1. The number of methoxy groups -OCH3 is 1. The zero-order chi connectivity index (χ0) is 22.5. The number of nitrogens with one attached hydrogen (secondary N) is 1. The lowest BCUT2D eigenvalue weighted by Crippen LogP contribution is -2.40. The van der Waals surface area contributed by atoms with Crippen molar-refractivity contribution >= 4 is 29.0 Å². The Morgan fingerprint density at radius 1 is 1.41 bits per heavy atom. The van der Waals surface area contributed by atoms with Gasteiger partial charge in [-0.2, -0.15) is 0 Å². The molecule has 1 saturated heterocycles. The molecule has 2 N–H and O–H groups in total. The smallest absolute Gasteiger partial charge is 0.141 e. The lowest BCUT2D eigenvalue weighted by atomic mass is 9.98. The molecule has 0 amide bonds. The first-order valence-electron chi connectivity index (χ1n) is 10.8. The van der Waals surface area contributed by atoms with Gasteiger partial charge in [0.2, 0.25) is 0 Å². The van der Waals surface area contributed by atoms with E-state index in [2.05, 4.69) is 20.4 Å². The standard InChI is InChI=1S/C23H27ClFN5O2/c1-32-16-3-2-9-30(14-16)10-8-26-22-13-18-17(6-7-27-23(18)28-22)21(29-31)12-15-4-5-20(25)19(24)11-15/h4-7,11,16,31H,2-3,8-10,12-14H2,1H3,(H,26,27,28)/b29-21+. The summed E-state index contributed by atoms with van der Waals surface area (Å²) in [5.74, 6) is 1.09. The van der Waals surface area contributed by atoms with Crippen LogP contribution in [-0.4, -0.2) is 66.0 Å². The van der Waals surface area contributed by atoms with Gasteiger partial charge in [0, 0.05) is 50.4 Å². The third kappa shape index (κ3) is 5.26. The third-order valence-electron chi connectivity index (χ3n) is 5.96. The van der Waals surface area contributed by atoms with Crippen molar-refractivity contribution in [1.29, 1.82) is 0 Å². The zero-order valence-electron chi connectivity index (χ0n) is 18.0. The molecule has 1 unspecified atom stereocenters. The van der Waals surface area contributed by atoms with Crippen LogP contribution in [0.2, 0.25) is 5.02 Å². The van der Waals surface area contributed by atoms with Crippen LogP contribution >= 0.6 is 11.6 Å². The number of amidine groups is 1. The van der Waals surface area contributed by atoms with Gasteiger partial charge in [-0.15, -0.1) is 0 Å². The van der Waals surface area contributed by atoms with Crippen LogP contribution in [-0.2, 0) is 17.6 Å². The van der Waals surface area contributed by atoms with Gasteiger partial charge < -0.3 is 15.3 Å². The number of rotatable bonds is 7. The molecule has 4 rings (SSSR count). The molecular weight excluding hydrogens is 433 g/mol. The maximum Gasteiger partial charge on any atom is 0.141 e. The number of benzene rings is 1. The minimum atomic E-state index is -0.477.